The standard InChI is InChI=1S/C18H26BNO6/c1-17(2,3)25-16(22)20-13(15(21)24-6)10-11-8-7-9-12-14(11)18(4,5)26-19(12)23/h7-9,13,23H,10H2,1-6H3,(H,20,22)/t13-/m0/s1. The highest BCUT2D eigenvalue weighted by atomic mass is 16.6. The smallest absolute Gasteiger partial charge is 0.467 e. The van der Waals surface area contributed by atoms with Crippen LogP contribution < -0.4 is 10.8 Å². The lowest BCUT2D eigenvalue weighted by Gasteiger charge is -2.25. The van der Waals surface area contributed by atoms with E-state index in [1.54, 1.807) is 32.9 Å². The Labute approximate surface area is 154 Å². The molecule has 0 spiro atoms. The van der Waals surface area contributed by atoms with Gasteiger partial charge >= 0.3 is 19.2 Å². The average molecular weight is 363 g/mol. The highest BCUT2D eigenvalue weighted by Crippen LogP contribution is 2.33. The first-order valence-electron chi connectivity index (χ1n) is 8.50. The van der Waals surface area contributed by atoms with Crippen LogP contribution in [0.25, 0.3) is 0 Å². The van der Waals surface area contributed by atoms with Crippen molar-refractivity contribution in [2.75, 3.05) is 7.11 Å². The van der Waals surface area contributed by atoms with E-state index in [4.69, 9.17) is 14.1 Å². The number of alkyl carbamates (subject to hydrolysis) is 1. The number of carbonyl (C=O) groups excluding carboxylic acids is 2. The van der Waals surface area contributed by atoms with E-state index < -0.39 is 36.4 Å². The van der Waals surface area contributed by atoms with Gasteiger partial charge in [-0.1, -0.05) is 18.2 Å². The fraction of sp³-hybridized carbons (Fsp3) is 0.556. The number of carbonyl (C=O) groups is 2. The van der Waals surface area contributed by atoms with Crippen molar-refractivity contribution in [2.45, 2.75) is 58.3 Å². The van der Waals surface area contributed by atoms with Gasteiger partial charge in [0.15, 0.2) is 0 Å². The van der Waals surface area contributed by atoms with Crippen molar-refractivity contribution in [3.8, 4) is 0 Å². The number of esters is 1. The maximum absolute atomic E-state index is 12.2. The fourth-order valence-corrected chi connectivity index (χ4v) is 3.14. The summed E-state index contributed by atoms with van der Waals surface area (Å²) in [5.41, 5.74) is 0.868. The summed E-state index contributed by atoms with van der Waals surface area (Å²) >= 11 is 0. The topological polar surface area (TPSA) is 94.1 Å². The summed E-state index contributed by atoms with van der Waals surface area (Å²) in [6, 6.07) is 4.49. The summed E-state index contributed by atoms with van der Waals surface area (Å²) in [7, 11) is 0.244. The van der Waals surface area contributed by atoms with Crippen molar-refractivity contribution in [3.05, 3.63) is 29.3 Å². The molecule has 0 unspecified atom stereocenters. The molecule has 1 atom stereocenters. The minimum absolute atomic E-state index is 0.189. The molecule has 2 rings (SSSR count). The third-order valence-corrected chi connectivity index (χ3v) is 4.06. The maximum atomic E-state index is 12.2. The maximum Gasteiger partial charge on any atom is 0.492 e. The predicted molar refractivity (Wildman–Crippen MR) is 97.0 cm³/mol. The molecule has 0 fully saturated rings. The number of rotatable bonds is 4. The first-order chi connectivity index (χ1) is 11.9. The molecule has 26 heavy (non-hydrogen) atoms. The van der Waals surface area contributed by atoms with Crippen LogP contribution in [0.15, 0.2) is 18.2 Å². The van der Waals surface area contributed by atoms with E-state index in [0.29, 0.717) is 5.46 Å². The Morgan fingerprint density at radius 2 is 2.00 bits per heavy atom. The van der Waals surface area contributed by atoms with Crippen LogP contribution in [0.2, 0.25) is 0 Å². The second-order valence-electron chi connectivity index (χ2n) is 7.79. The fourth-order valence-electron chi connectivity index (χ4n) is 3.14. The van der Waals surface area contributed by atoms with E-state index in [9.17, 15) is 14.6 Å². The first-order valence-corrected chi connectivity index (χ1v) is 8.50. The highest BCUT2D eigenvalue weighted by molar-refractivity contribution is 6.62. The zero-order valence-electron chi connectivity index (χ0n) is 16.1. The van der Waals surface area contributed by atoms with Crippen molar-refractivity contribution in [2.24, 2.45) is 0 Å². The lowest BCUT2D eigenvalue weighted by Crippen LogP contribution is -2.45. The van der Waals surface area contributed by atoms with Crippen LogP contribution in [-0.4, -0.2) is 43.0 Å². The molecule has 1 heterocycles. The Morgan fingerprint density at radius 3 is 2.58 bits per heavy atom. The van der Waals surface area contributed by atoms with Gasteiger partial charge in [-0.05, 0) is 51.2 Å². The molecule has 0 aliphatic carbocycles. The number of methoxy groups -OCH3 is 1. The van der Waals surface area contributed by atoms with Gasteiger partial charge in [-0.3, -0.25) is 0 Å². The molecule has 0 bridgehead atoms. The number of nitrogens with one attached hydrogen (secondary N) is 1. The zero-order valence-corrected chi connectivity index (χ0v) is 16.1. The quantitative estimate of drug-likeness (QED) is 0.618. The molecule has 1 aliphatic heterocycles. The second-order valence-corrected chi connectivity index (χ2v) is 7.79. The van der Waals surface area contributed by atoms with Crippen molar-refractivity contribution < 1.29 is 28.7 Å². The monoisotopic (exact) mass is 363 g/mol. The van der Waals surface area contributed by atoms with Crippen molar-refractivity contribution >= 4 is 24.6 Å². The largest absolute Gasteiger partial charge is 0.492 e. The molecule has 0 saturated heterocycles. The predicted octanol–water partition coefficient (Wildman–Crippen LogP) is 1.25. The molecule has 1 aromatic carbocycles. The number of hydrogen-bond acceptors (Lipinski definition) is 6. The van der Waals surface area contributed by atoms with Crippen molar-refractivity contribution in [3.63, 3.8) is 0 Å². The van der Waals surface area contributed by atoms with Crippen LogP contribution >= 0.6 is 0 Å². The molecule has 142 valence electrons. The SMILES string of the molecule is COC(=O)[C@H](Cc1cccc2c1C(C)(C)OB2O)NC(=O)OC(C)(C)C. The lowest BCUT2D eigenvalue weighted by molar-refractivity contribution is -0.143. The van der Waals surface area contributed by atoms with E-state index in [2.05, 4.69) is 5.32 Å². The van der Waals surface area contributed by atoms with Gasteiger partial charge in [0.25, 0.3) is 0 Å². The van der Waals surface area contributed by atoms with Crippen molar-refractivity contribution in [1.29, 1.82) is 0 Å². The summed E-state index contributed by atoms with van der Waals surface area (Å²) in [4.78, 5) is 24.3. The summed E-state index contributed by atoms with van der Waals surface area (Å²) < 4.78 is 15.6. The van der Waals surface area contributed by atoms with Crippen LogP contribution in [0.3, 0.4) is 0 Å². The Bertz CT molecular complexity index is 697. The minimum atomic E-state index is -1.02. The number of hydrogen-bond donors (Lipinski definition) is 2. The molecule has 1 amide bonds. The third-order valence-electron chi connectivity index (χ3n) is 4.06. The van der Waals surface area contributed by atoms with Crippen LogP contribution in [0.5, 0.6) is 0 Å². The van der Waals surface area contributed by atoms with Gasteiger partial charge in [-0.15, -0.1) is 0 Å². The van der Waals surface area contributed by atoms with Gasteiger partial charge in [0.1, 0.15) is 11.6 Å². The van der Waals surface area contributed by atoms with Crippen LogP contribution in [0.4, 0.5) is 4.79 Å². The Hall–Kier alpha value is -2.06. The molecule has 1 aromatic rings. The molecule has 0 radical (unpaired) electrons. The van der Waals surface area contributed by atoms with Gasteiger partial charge in [-0.25, -0.2) is 9.59 Å². The van der Waals surface area contributed by atoms with E-state index in [0.717, 1.165) is 11.1 Å². The molecule has 7 nitrogen and oxygen atoms in total. The van der Waals surface area contributed by atoms with Crippen LogP contribution in [0.1, 0.15) is 45.7 Å². The van der Waals surface area contributed by atoms with Gasteiger partial charge < -0.3 is 24.5 Å². The summed E-state index contributed by atoms with van der Waals surface area (Å²) in [5, 5.41) is 12.7. The van der Waals surface area contributed by atoms with E-state index >= 15 is 0 Å². The van der Waals surface area contributed by atoms with E-state index in [-0.39, 0.29) is 6.42 Å². The molecular formula is C18H26BNO6. The summed E-state index contributed by atoms with van der Waals surface area (Å²) in [5.74, 6) is -0.578. The number of fused-ring (bicyclic) bond motifs is 1. The van der Waals surface area contributed by atoms with Crippen LogP contribution in [0, 0.1) is 0 Å². The summed E-state index contributed by atoms with van der Waals surface area (Å²) in [6.07, 6.45) is -0.509. The second kappa shape index (κ2) is 7.29. The normalized spacial score (nSPS) is 16.7. The highest BCUT2D eigenvalue weighted by Gasteiger charge is 2.42. The average Bonchev–Trinajstić information content (AvgIpc) is 2.74. The van der Waals surface area contributed by atoms with E-state index in [1.165, 1.54) is 7.11 Å². The lowest BCUT2D eigenvalue weighted by atomic mass is 9.76. The molecule has 0 saturated carbocycles. The molecule has 2 N–H and O–H groups in total. The van der Waals surface area contributed by atoms with Gasteiger partial charge in [0.2, 0.25) is 0 Å². The Kier molecular flexibility index (Phi) is 5.68. The zero-order chi connectivity index (χ0) is 19.7. The first kappa shape index (κ1) is 20.3. The van der Waals surface area contributed by atoms with Gasteiger partial charge in [0.05, 0.1) is 12.7 Å². The number of ether oxygens (including phenoxy) is 2. The number of amides is 1. The third kappa shape index (κ3) is 4.56. The molecule has 0 aromatic heterocycles. The molecular weight excluding hydrogens is 337 g/mol. The molecule has 1 aliphatic rings. The Balaban J connectivity index is 2.28. The van der Waals surface area contributed by atoms with Gasteiger partial charge in [0, 0.05) is 6.42 Å². The summed E-state index contributed by atoms with van der Waals surface area (Å²) in [6.45, 7) is 8.92. The minimum Gasteiger partial charge on any atom is -0.467 e. The van der Waals surface area contributed by atoms with Gasteiger partial charge in [-0.2, -0.15) is 0 Å². The van der Waals surface area contributed by atoms with E-state index in [1.807, 2.05) is 19.9 Å². The molecule has 8 heteroatoms. The van der Waals surface area contributed by atoms with Crippen molar-refractivity contribution in [1.82, 2.24) is 5.32 Å². The number of benzene rings is 1. The Morgan fingerprint density at radius 1 is 1.35 bits per heavy atom. The van der Waals surface area contributed by atoms with Crippen LogP contribution in [-0.2, 0) is 30.9 Å².